The van der Waals surface area contributed by atoms with E-state index in [2.05, 4.69) is 11.9 Å². The Morgan fingerprint density at radius 3 is 2.64 bits per heavy atom. The van der Waals surface area contributed by atoms with Gasteiger partial charge in [0.05, 0.1) is 18.8 Å². The Morgan fingerprint density at radius 2 is 2.14 bits per heavy atom. The van der Waals surface area contributed by atoms with Crippen LogP contribution in [0.2, 0.25) is 0 Å². The van der Waals surface area contributed by atoms with Gasteiger partial charge in [0.2, 0.25) is 0 Å². The van der Waals surface area contributed by atoms with Gasteiger partial charge in [0.1, 0.15) is 0 Å². The summed E-state index contributed by atoms with van der Waals surface area (Å²) < 4.78 is 5.86. The smallest absolute Gasteiger partial charge is 0.0823 e. The highest BCUT2D eigenvalue weighted by Gasteiger charge is 2.62. The van der Waals surface area contributed by atoms with Gasteiger partial charge in [0.15, 0.2) is 0 Å². The van der Waals surface area contributed by atoms with Crippen LogP contribution in [0.25, 0.3) is 0 Å². The zero-order chi connectivity index (χ0) is 9.81. The molecule has 0 aromatic rings. The maximum Gasteiger partial charge on any atom is 0.0823 e. The maximum atomic E-state index is 9.24. The van der Waals surface area contributed by atoms with Gasteiger partial charge >= 0.3 is 0 Å². The van der Waals surface area contributed by atoms with Gasteiger partial charge in [-0.1, -0.05) is 0 Å². The molecule has 2 aliphatic carbocycles. The zero-order valence-corrected chi connectivity index (χ0v) is 8.83. The van der Waals surface area contributed by atoms with Crippen LogP contribution in [0, 0.1) is 5.41 Å². The Labute approximate surface area is 85.0 Å². The van der Waals surface area contributed by atoms with Crippen molar-refractivity contribution >= 4 is 0 Å². The lowest BCUT2D eigenvalue weighted by atomic mass is 9.63. The van der Waals surface area contributed by atoms with Crippen molar-refractivity contribution in [1.82, 2.24) is 4.90 Å². The first kappa shape index (κ1) is 9.13. The van der Waals surface area contributed by atoms with E-state index >= 15 is 0 Å². The van der Waals surface area contributed by atoms with Crippen molar-refractivity contribution in [3.8, 4) is 0 Å². The van der Waals surface area contributed by atoms with E-state index in [1.807, 2.05) is 0 Å². The zero-order valence-electron chi connectivity index (χ0n) is 8.83. The van der Waals surface area contributed by atoms with Gasteiger partial charge in [-0.05, 0) is 32.7 Å². The third-order valence-electron chi connectivity index (χ3n) is 4.12. The van der Waals surface area contributed by atoms with Crippen LogP contribution in [0.15, 0.2) is 0 Å². The number of nitrogens with zero attached hydrogens (tertiary/aromatic N) is 1. The van der Waals surface area contributed by atoms with E-state index in [0.717, 1.165) is 32.0 Å². The van der Waals surface area contributed by atoms with Crippen LogP contribution in [-0.4, -0.2) is 48.5 Å². The summed E-state index contributed by atoms with van der Waals surface area (Å²) in [5.74, 6) is 0. The number of likely N-dealkylation sites (N-methyl/N-ethyl adjacent to an activating group) is 1. The van der Waals surface area contributed by atoms with E-state index in [1.54, 1.807) is 0 Å². The van der Waals surface area contributed by atoms with Crippen LogP contribution in [0.4, 0.5) is 0 Å². The summed E-state index contributed by atoms with van der Waals surface area (Å²) in [6.45, 7) is 2.16. The van der Waals surface area contributed by atoms with Crippen LogP contribution in [0.5, 0.6) is 0 Å². The van der Waals surface area contributed by atoms with E-state index in [9.17, 15) is 5.11 Å². The second-order valence-electron chi connectivity index (χ2n) is 5.63. The largest absolute Gasteiger partial charge is 0.396 e. The molecule has 0 radical (unpaired) electrons. The van der Waals surface area contributed by atoms with Gasteiger partial charge in [-0.15, -0.1) is 0 Å². The lowest BCUT2D eigenvalue weighted by molar-refractivity contribution is -0.0494. The molecule has 3 nitrogen and oxygen atoms in total. The molecular weight excluding hydrogens is 178 g/mol. The second kappa shape index (κ2) is 2.71. The molecular formula is C11H19NO2. The average molecular weight is 197 g/mol. The first-order valence-corrected chi connectivity index (χ1v) is 5.62. The quantitative estimate of drug-likeness (QED) is 0.717. The van der Waals surface area contributed by atoms with Crippen LogP contribution < -0.4 is 0 Å². The monoisotopic (exact) mass is 197 g/mol. The highest BCUT2D eigenvalue weighted by molar-refractivity contribution is 5.12. The Kier molecular flexibility index (Phi) is 1.77. The number of aliphatic hydroxyl groups is 1. The van der Waals surface area contributed by atoms with Crippen molar-refractivity contribution in [3.05, 3.63) is 0 Å². The Balaban J connectivity index is 1.60. The highest BCUT2D eigenvalue weighted by Crippen LogP contribution is 2.57. The number of rotatable bonds is 4. The van der Waals surface area contributed by atoms with Crippen molar-refractivity contribution in [2.45, 2.75) is 37.3 Å². The van der Waals surface area contributed by atoms with Crippen LogP contribution in [-0.2, 0) is 4.74 Å². The van der Waals surface area contributed by atoms with E-state index in [1.165, 1.54) is 12.8 Å². The number of hydrogen-bond donors (Lipinski definition) is 1. The predicted molar refractivity (Wildman–Crippen MR) is 53.1 cm³/mol. The van der Waals surface area contributed by atoms with Crippen LogP contribution in [0.3, 0.4) is 0 Å². The topological polar surface area (TPSA) is 32.7 Å². The van der Waals surface area contributed by atoms with E-state index < -0.39 is 0 Å². The molecule has 4 aliphatic rings. The molecule has 80 valence electrons. The third kappa shape index (κ3) is 1.23. The minimum atomic E-state index is 0.111. The summed E-state index contributed by atoms with van der Waals surface area (Å²) in [4.78, 5) is 2.44. The van der Waals surface area contributed by atoms with Gasteiger partial charge in [-0.25, -0.2) is 0 Å². The molecule has 0 atom stereocenters. The molecule has 0 aromatic heterocycles. The minimum absolute atomic E-state index is 0.111. The molecule has 0 amide bonds. The van der Waals surface area contributed by atoms with Crippen molar-refractivity contribution < 1.29 is 9.84 Å². The summed E-state index contributed by atoms with van der Waals surface area (Å²) >= 11 is 0. The third-order valence-corrected chi connectivity index (χ3v) is 4.12. The standard InChI is InChI=1S/C11H19NO2/c1-12(9-2-3-9)6-11-4-10(5-11,7-13)8-14-11/h9,13H,2-8H2,1H3. The molecule has 14 heavy (non-hydrogen) atoms. The van der Waals surface area contributed by atoms with Crippen LogP contribution in [0.1, 0.15) is 25.7 Å². The van der Waals surface area contributed by atoms with Crippen molar-refractivity contribution in [2.24, 2.45) is 5.41 Å². The van der Waals surface area contributed by atoms with Gasteiger partial charge in [-0.2, -0.15) is 0 Å². The normalized spacial score (nSPS) is 45.6. The first-order chi connectivity index (χ1) is 6.67. The van der Waals surface area contributed by atoms with Gasteiger partial charge in [0.25, 0.3) is 0 Å². The molecule has 1 N–H and O–H groups in total. The number of aliphatic hydroxyl groups excluding tert-OH is 1. The molecule has 2 aliphatic heterocycles. The molecule has 2 saturated heterocycles. The van der Waals surface area contributed by atoms with E-state index in [4.69, 9.17) is 4.74 Å². The maximum absolute atomic E-state index is 9.24. The molecule has 2 heterocycles. The molecule has 0 unspecified atom stereocenters. The number of fused-ring (bicyclic) bond motifs is 1. The van der Waals surface area contributed by atoms with E-state index in [0.29, 0.717) is 6.61 Å². The SMILES string of the molecule is CN(CC12CC(CO)(CO1)C2)C1CC1. The summed E-state index contributed by atoms with van der Waals surface area (Å²) in [5.41, 5.74) is 0.254. The summed E-state index contributed by atoms with van der Waals surface area (Å²) in [6, 6.07) is 0.817. The molecule has 4 fully saturated rings. The van der Waals surface area contributed by atoms with Crippen molar-refractivity contribution in [1.29, 1.82) is 0 Å². The van der Waals surface area contributed by atoms with Crippen molar-refractivity contribution in [2.75, 3.05) is 26.8 Å². The van der Waals surface area contributed by atoms with Gasteiger partial charge in [0, 0.05) is 18.0 Å². The number of ether oxygens (including phenoxy) is 1. The molecule has 0 aromatic carbocycles. The average Bonchev–Trinajstić information content (AvgIpc) is 2.84. The van der Waals surface area contributed by atoms with Crippen LogP contribution >= 0.6 is 0 Å². The summed E-state index contributed by atoms with van der Waals surface area (Å²) in [6.07, 6.45) is 4.87. The molecule has 0 spiro atoms. The fraction of sp³-hybridized carbons (Fsp3) is 1.00. The fourth-order valence-electron chi connectivity index (χ4n) is 3.24. The fourth-order valence-corrected chi connectivity index (χ4v) is 3.24. The molecule has 2 saturated carbocycles. The van der Waals surface area contributed by atoms with Gasteiger partial charge in [-0.3, -0.25) is 0 Å². The lowest BCUT2D eigenvalue weighted by Crippen LogP contribution is -2.52. The molecule has 3 heteroatoms. The molecule has 4 rings (SSSR count). The van der Waals surface area contributed by atoms with Gasteiger partial charge < -0.3 is 14.7 Å². The first-order valence-electron chi connectivity index (χ1n) is 5.62. The molecule has 2 bridgehead atoms. The highest BCUT2D eigenvalue weighted by atomic mass is 16.5. The Bertz CT molecular complexity index is 244. The predicted octanol–water partition coefficient (Wildman–Crippen LogP) is 0.622. The van der Waals surface area contributed by atoms with Crippen molar-refractivity contribution in [3.63, 3.8) is 0 Å². The minimum Gasteiger partial charge on any atom is -0.396 e. The number of hydrogen-bond acceptors (Lipinski definition) is 3. The summed E-state index contributed by atoms with van der Waals surface area (Å²) in [5, 5.41) is 9.24. The lowest BCUT2D eigenvalue weighted by Gasteiger charge is -2.45. The Hall–Kier alpha value is -0.120. The Morgan fingerprint density at radius 1 is 1.43 bits per heavy atom. The second-order valence-corrected chi connectivity index (χ2v) is 5.63. The van der Waals surface area contributed by atoms with E-state index in [-0.39, 0.29) is 11.0 Å². The summed E-state index contributed by atoms with van der Waals surface area (Å²) in [7, 11) is 2.20.